The summed E-state index contributed by atoms with van der Waals surface area (Å²) in [6, 6.07) is -0.556. The molecule has 2 bridgehead atoms. The first-order chi connectivity index (χ1) is 18.7. The third-order valence-corrected chi connectivity index (χ3v) is 9.54. The van der Waals surface area contributed by atoms with Crippen molar-refractivity contribution in [3.05, 3.63) is 0 Å². The number of piperidine rings is 1. The van der Waals surface area contributed by atoms with Gasteiger partial charge in [0.25, 0.3) is 5.91 Å². The van der Waals surface area contributed by atoms with Gasteiger partial charge in [0.05, 0.1) is 30.8 Å². The Hall–Kier alpha value is -1.66. The number of hydrogen-bond acceptors (Lipinski definition) is 8. The standard InChI is InChI=1S/C28H50FN7O3/c1-5-7-9-28(6-2)14-19-24(25(30)34-23(28)13-18(29)15-32-19)26(37)33-20-16-31-10-8-21(20)36-11-12-39-22(17-36)27(38)35(3)4/h15,18-25,31,34H,5-14,16-17,30H2,1-4H3,(H,33,37)/b32-15-. The molecule has 11 heteroatoms. The number of fused-ring (bicyclic) bond motifs is 3. The van der Waals surface area contributed by atoms with Crippen molar-refractivity contribution in [1.82, 2.24) is 25.8 Å². The predicted octanol–water partition coefficient (Wildman–Crippen LogP) is 0.653. The molecular formula is C28H50FN7O3. The number of hydrogen-bond donors (Lipinski definition) is 4. The minimum atomic E-state index is -1.15. The largest absolute Gasteiger partial charge is 0.366 e. The van der Waals surface area contributed by atoms with Gasteiger partial charge in [0.15, 0.2) is 0 Å². The summed E-state index contributed by atoms with van der Waals surface area (Å²) in [4.78, 5) is 35.1. The molecule has 0 aromatic carbocycles. The molecule has 0 saturated carbocycles. The van der Waals surface area contributed by atoms with Gasteiger partial charge in [-0.05, 0) is 44.1 Å². The van der Waals surface area contributed by atoms with Gasteiger partial charge in [0, 0.05) is 52.0 Å². The topological polar surface area (TPSA) is 124 Å². The molecule has 5 N–H and O–H groups in total. The van der Waals surface area contributed by atoms with E-state index in [9.17, 15) is 14.0 Å². The number of unbranched alkanes of at least 4 members (excludes halogenated alkanes) is 1. The van der Waals surface area contributed by atoms with E-state index < -0.39 is 24.4 Å². The number of nitrogens with one attached hydrogen (secondary N) is 3. The summed E-state index contributed by atoms with van der Waals surface area (Å²) < 4.78 is 20.7. The summed E-state index contributed by atoms with van der Waals surface area (Å²) in [5.41, 5.74) is 6.55. The molecule has 3 fully saturated rings. The Morgan fingerprint density at radius 3 is 2.85 bits per heavy atom. The van der Waals surface area contributed by atoms with E-state index in [0.29, 0.717) is 32.7 Å². The lowest BCUT2D eigenvalue weighted by Crippen LogP contribution is -2.65. The molecule has 0 aromatic heterocycles. The number of amides is 2. The fourth-order valence-corrected chi connectivity index (χ4v) is 7.22. The van der Waals surface area contributed by atoms with Crippen molar-refractivity contribution in [2.75, 3.05) is 46.9 Å². The van der Waals surface area contributed by atoms with Gasteiger partial charge >= 0.3 is 0 Å². The van der Waals surface area contributed by atoms with Crippen LogP contribution in [0.25, 0.3) is 0 Å². The van der Waals surface area contributed by atoms with Crippen LogP contribution in [0.3, 0.4) is 0 Å². The van der Waals surface area contributed by atoms with Crippen LogP contribution in [0.1, 0.15) is 58.8 Å². The van der Waals surface area contributed by atoms with Gasteiger partial charge < -0.3 is 26.0 Å². The van der Waals surface area contributed by atoms with E-state index in [2.05, 4.69) is 39.7 Å². The minimum Gasteiger partial charge on any atom is -0.366 e. The fourth-order valence-electron chi connectivity index (χ4n) is 7.22. The van der Waals surface area contributed by atoms with Gasteiger partial charge in [0.1, 0.15) is 12.3 Å². The second kappa shape index (κ2) is 13.3. The summed E-state index contributed by atoms with van der Waals surface area (Å²) in [6.07, 6.45) is 5.01. The number of carbonyl (C=O) groups excluding carboxylic acids is 2. The predicted molar refractivity (Wildman–Crippen MR) is 150 cm³/mol. The second-order valence-electron chi connectivity index (χ2n) is 12.2. The van der Waals surface area contributed by atoms with Crippen molar-refractivity contribution in [3.8, 4) is 0 Å². The van der Waals surface area contributed by atoms with Crippen molar-refractivity contribution >= 4 is 18.0 Å². The van der Waals surface area contributed by atoms with Gasteiger partial charge in [-0.15, -0.1) is 0 Å². The molecule has 39 heavy (non-hydrogen) atoms. The summed E-state index contributed by atoms with van der Waals surface area (Å²) in [5, 5.41) is 10.3. The number of halogens is 1. The Bertz CT molecular complexity index is 876. The van der Waals surface area contributed by atoms with Crippen LogP contribution in [-0.2, 0) is 14.3 Å². The highest BCUT2D eigenvalue weighted by molar-refractivity contribution is 5.81. The quantitative estimate of drug-likeness (QED) is 0.349. The van der Waals surface area contributed by atoms with Crippen LogP contribution in [0.15, 0.2) is 4.99 Å². The molecule has 0 aromatic rings. The molecule has 0 radical (unpaired) electrons. The first kappa shape index (κ1) is 30.3. The maximum absolute atomic E-state index is 14.9. The zero-order chi connectivity index (χ0) is 28.2. The van der Waals surface area contributed by atoms with Crippen LogP contribution >= 0.6 is 0 Å². The van der Waals surface area contributed by atoms with Crippen LogP contribution in [-0.4, -0.2) is 117 Å². The normalized spacial score (nSPS) is 40.3. The average molecular weight is 552 g/mol. The number of nitrogens with two attached hydrogens (primary N) is 1. The number of morpholine rings is 1. The molecule has 4 heterocycles. The molecule has 0 aliphatic carbocycles. The first-order valence-corrected chi connectivity index (χ1v) is 15.0. The SMILES string of the molecule is CCCCC1(CC)CC2/N=C\C(F)CC1NC(N)C2C(=O)NC1CNCCC1N1CCOC(C(=O)N(C)C)C1. The monoisotopic (exact) mass is 551 g/mol. The molecule has 4 rings (SSSR count). The molecule has 222 valence electrons. The molecule has 4 aliphatic rings. The van der Waals surface area contributed by atoms with E-state index >= 15 is 0 Å². The fraction of sp³-hybridized carbons (Fsp3) is 0.893. The summed E-state index contributed by atoms with van der Waals surface area (Å²) in [7, 11) is 3.48. The van der Waals surface area contributed by atoms with E-state index in [0.717, 1.165) is 45.1 Å². The Morgan fingerprint density at radius 2 is 2.13 bits per heavy atom. The summed E-state index contributed by atoms with van der Waals surface area (Å²) >= 11 is 0. The Morgan fingerprint density at radius 1 is 1.33 bits per heavy atom. The lowest BCUT2D eigenvalue weighted by atomic mass is 9.67. The van der Waals surface area contributed by atoms with E-state index in [1.165, 1.54) is 6.21 Å². The molecule has 9 atom stereocenters. The second-order valence-corrected chi connectivity index (χ2v) is 12.2. The van der Waals surface area contributed by atoms with E-state index in [-0.39, 0.29) is 41.4 Å². The molecule has 9 unspecified atom stereocenters. The number of aliphatic imine (C=N–C) groups is 1. The average Bonchev–Trinajstić information content (AvgIpc) is 2.99. The Balaban J connectivity index is 1.52. The number of likely N-dealkylation sites (N-methyl/N-ethyl adjacent to an activating group) is 1. The van der Waals surface area contributed by atoms with Crippen molar-refractivity contribution in [2.45, 2.75) is 101 Å². The summed E-state index contributed by atoms with van der Waals surface area (Å²) in [5.74, 6) is -0.776. The summed E-state index contributed by atoms with van der Waals surface area (Å²) in [6.45, 7) is 7.50. The third-order valence-electron chi connectivity index (χ3n) is 9.54. The van der Waals surface area contributed by atoms with Crippen LogP contribution < -0.4 is 21.7 Å². The van der Waals surface area contributed by atoms with Crippen molar-refractivity contribution in [1.29, 1.82) is 0 Å². The smallest absolute Gasteiger partial charge is 0.252 e. The van der Waals surface area contributed by atoms with Crippen molar-refractivity contribution in [3.63, 3.8) is 0 Å². The maximum atomic E-state index is 14.9. The van der Waals surface area contributed by atoms with E-state index in [1.54, 1.807) is 19.0 Å². The van der Waals surface area contributed by atoms with Gasteiger partial charge in [-0.25, -0.2) is 4.39 Å². The minimum absolute atomic E-state index is 0.0425. The van der Waals surface area contributed by atoms with Crippen LogP contribution in [0.4, 0.5) is 4.39 Å². The molecule has 3 saturated heterocycles. The Labute approximate surface area is 233 Å². The maximum Gasteiger partial charge on any atom is 0.252 e. The highest BCUT2D eigenvalue weighted by Gasteiger charge is 2.50. The molecular weight excluding hydrogens is 501 g/mol. The van der Waals surface area contributed by atoms with Gasteiger partial charge in [-0.1, -0.05) is 26.7 Å². The lowest BCUT2D eigenvalue weighted by Gasteiger charge is -2.44. The van der Waals surface area contributed by atoms with Gasteiger partial charge in [0.2, 0.25) is 5.91 Å². The lowest BCUT2D eigenvalue weighted by molar-refractivity contribution is -0.149. The molecule has 0 spiro atoms. The zero-order valence-corrected chi connectivity index (χ0v) is 24.2. The van der Waals surface area contributed by atoms with Crippen LogP contribution in [0, 0.1) is 11.3 Å². The number of rotatable bonds is 8. The Kier molecular flexibility index (Phi) is 10.4. The first-order valence-electron chi connectivity index (χ1n) is 15.0. The van der Waals surface area contributed by atoms with Gasteiger partial charge in [-0.3, -0.25) is 24.8 Å². The molecule has 2 amide bonds. The molecule has 10 nitrogen and oxygen atoms in total. The highest BCUT2D eigenvalue weighted by Crippen LogP contribution is 2.45. The number of nitrogens with zero attached hydrogens (tertiary/aromatic N) is 3. The zero-order valence-electron chi connectivity index (χ0n) is 24.2. The van der Waals surface area contributed by atoms with Crippen molar-refractivity contribution < 1.29 is 18.7 Å². The van der Waals surface area contributed by atoms with Crippen molar-refractivity contribution in [2.24, 2.45) is 22.1 Å². The molecule has 4 aliphatic heterocycles. The van der Waals surface area contributed by atoms with E-state index in [1.807, 2.05) is 0 Å². The van der Waals surface area contributed by atoms with Gasteiger partial charge in [-0.2, -0.15) is 0 Å². The van der Waals surface area contributed by atoms with E-state index in [4.69, 9.17) is 10.5 Å². The number of alkyl halides is 1. The number of ether oxygens (including phenoxy) is 1. The highest BCUT2D eigenvalue weighted by atomic mass is 19.1. The number of carbonyl (C=O) groups is 2. The van der Waals surface area contributed by atoms with Crippen LogP contribution in [0.2, 0.25) is 0 Å². The van der Waals surface area contributed by atoms with Crippen LogP contribution in [0.5, 0.6) is 0 Å². The third kappa shape index (κ3) is 6.81.